The van der Waals surface area contributed by atoms with E-state index < -0.39 is 0 Å². The first-order chi connectivity index (χ1) is 10.2. The highest BCUT2D eigenvalue weighted by Crippen LogP contribution is 2.35. The Bertz CT molecular complexity index is 1020. The molecule has 2 aromatic heterocycles. The monoisotopic (exact) mass is 373 g/mol. The Labute approximate surface area is 136 Å². The molecule has 102 valence electrons. The highest BCUT2D eigenvalue weighted by molar-refractivity contribution is 9.11. The molecular formula is C16H8BrNOS2. The minimum absolute atomic E-state index is 0.0596. The third-order valence-corrected chi connectivity index (χ3v) is 5.95. The third-order valence-electron chi connectivity index (χ3n) is 3.28. The molecule has 0 spiro atoms. The van der Waals surface area contributed by atoms with Crippen molar-refractivity contribution in [3.63, 3.8) is 0 Å². The largest absolute Gasteiger partial charge is 0.289 e. The normalized spacial score (nSPS) is 11.3. The molecule has 5 heteroatoms. The van der Waals surface area contributed by atoms with Gasteiger partial charge in [-0.05, 0) is 33.6 Å². The fourth-order valence-electron chi connectivity index (χ4n) is 2.35. The van der Waals surface area contributed by atoms with Crippen molar-refractivity contribution in [2.75, 3.05) is 0 Å². The molecule has 0 saturated heterocycles. The highest BCUT2D eigenvalue weighted by Gasteiger charge is 2.11. The van der Waals surface area contributed by atoms with E-state index in [0.29, 0.717) is 0 Å². The molecule has 4 rings (SSSR count). The van der Waals surface area contributed by atoms with Gasteiger partial charge in [0.2, 0.25) is 0 Å². The Morgan fingerprint density at radius 2 is 1.81 bits per heavy atom. The Morgan fingerprint density at radius 1 is 1.00 bits per heavy atom. The van der Waals surface area contributed by atoms with E-state index >= 15 is 0 Å². The maximum absolute atomic E-state index is 12.6. The molecule has 0 amide bonds. The van der Waals surface area contributed by atoms with Gasteiger partial charge in [-0.3, -0.25) is 4.79 Å². The minimum atomic E-state index is 0.0596. The van der Waals surface area contributed by atoms with Gasteiger partial charge in [0.05, 0.1) is 15.6 Å². The number of hydrogen-bond acceptors (Lipinski definition) is 4. The van der Waals surface area contributed by atoms with Crippen LogP contribution in [0.4, 0.5) is 0 Å². The molecule has 0 unspecified atom stereocenters. The maximum Gasteiger partial charge on any atom is 0.190 e. The Morgan fingerprint density at radius 3 is 2.62 bits per heavy atom. The van der Waals surface area contributed by atoms with Crippen molar-refractivity contribution in [2.24, 2.45) is 0 Å². The van der Waals surface area contributed by atoms with Gasteiger partial charge in [-0.2, -0.15) is 0 Å². The van der Waals surface area contributed by atoms with Gasteiger partial charge in [-0.1, -0.05) is 30.3 Å². The molecule has 0 aliphatic heterocycles. The molecule has 2 aromatic carbocycles. The van der Waals surface area contributed by atoms with Crippen molar-refractivity contribution in [3.05, 3.63) is 62.7 Å². The second-order valence-corrected chi connectivity index (χ2v) is 7.95. The van der Waals surface area contributed by atoms with E-state index in [1.807, 2.05) is 42.5 Å². The molecule has 0 aliphatic carbocycles. The van der Waals surface area contributed by atoms with Crippen molar-refractivity contribution in [1.29, 1.82) is 0 Å². The number of hydrogen-bond donors (Lipinski definition) is 0. The van der Waals surface area contributed by atoms with E-state index in [2.05, 4.69) is 20.9 Å². The SMILES string of the molecule is O=c1cc(-c2ccccc2)sc2ccc3nc(Br)sc3c12. The zero-order valence-corrected chi connectivity index (χ0v) is 13.9. The van der Waals surface area contributed by atoms with Crippen LogP contribution in [0.2, 0.25) is 0 Å². The van der Waals surface area contributed by atoms with Crippen molar-refractivity contribution in [3.8, 4) is 10.4 Å². The van der Waals surface area contributed by atoms with E-state index in [9.17, 15) is 4.79 Å². The fraction of sp³-hybridized carbons (Fsp3) is 0. The van der Waals surface area contributed by atoms with Crippen molar-refractivity contribution in [2.45, 2.75) is 0 Å². The van der Waals surface area contributed by atoms with E-state index in [1.165, 1.54) is 11.3 Å². The van der Waals surface area contributed by atoms with E-state index in [-0.39, 0.29) is 5.43 Å². The first kappa shape index (κ1) is 13.1. The summed E-state index contributed by atoms with van der Waals surface area (Å²) in [6.07, 6.45) is 0. The van der Waals surface area contributed by atoms with Gasteiger partial charge < -0.3 is 0 Å². The van der Waals surface area contributed by atoms with Gasteiger partial charge in [-0.25, -0.2) is 4.98 Å². The third kappa shape index (κ3) is 2.21. The van der Waals surface area contributed by atoms with Crippen molar-refractivity contribution >= 4 is 58.9 Å². The van der Waals surface area contributed by atoms with Gasteiger partial charge in [0.15, 0.2) is 9.35 Å². The predicted octanol–water partition coefficient (Wildman–Crippen LogP) is 5.30. The lowest BCUT2D eigenvalue weighted by Gasteiger charge is -2.03. The molecular weight excluding hydrogens is 366 g/mol. The summed E-state index contributed by atoms with van der Waals surface area (Å²) in [6, 6.07) is 15.7. The number of nitrogens with zero attached hydrogens (tertiary/aromatic N) is 1. The lowest BCUT2D eigenvalue weighted by atomic mass is 10.1. The summed E-state index contributed by atoms with van der Waals surface area (Å²) in [6.45, 7) is 0. The van der Waals surface area contributed by atoms with Gasteiger partial charge in [-0.15, -0.1) is 22.7 Å². The van der Waals surface area contributed by atoms with Crippen LogP contribution in [0.25, 0.3) is 30.7 Å². The summed E-state index contributed by atoms with van der Waals surface area (Å²) < 4.78 is 2.77. The fourth-order valence-corrected chi connectivity index (χ4v) is 5.03. The Hall–Kier alpha value is -1.56. The first-order valence-corrected chi connectivity index (χ1v) is 8.73. The van der Waals surface area contributed by atoms with Crippen LogP contribution >= 0.6 is 38.6 Å². The average Bonchev–Trinajstić information content (AvgIpc) is 2.88. The molecule has 0 saturated carbocycles. The molecule has 0 radical (unpaired) electrons. The summed E-state index contributed by atoms with van der Waals surface area (Å²) in [5.41, 5.74) is 2.01. The minimum Gasteiger partial charge on any atom is -0.289 e. The number of fused-ring (bicyclic) bond motifs is 3. The summed E-state index contributed by atoms with van der Waals surface area (Å²) in [5, 5.41) is 0.778. The molecule has 2 nitrogen and oxygen atoms in total. The van der Waals surface area contributed by atoms with Gasteiger partial charge in [0.1, 0.15) is 0 Å². The van der Waals surface area contributed by atoms with Crippen LogP contribution in [0.3, 0.4) is 0 Å². The predicted molar refractivity (Wildman–Crippen MR) is 94.4 cm³/mol. The molecule has 0 N–H and O–H groups in total. The van der Waals surface area contributed by atoms with Gasteiger partial charge in [0.25, 0.3) is 0 Å². The highest BCUT2D eigenvalue weighted by atomic mass is 79.9. The van der Waals surface area contributed by atoms with Crippen LogP contribution in [0, 0.1) is 0 Å². The topological polar surface area (TPSA) is 30.0 Å². The standard InChI is InChI=1S/C16H8BrNOS2/c17-16-18-10-6-7-12-14(15(10)21-16)11(19)8-13(20-12)9-4-2-1-3-5-9/h1-8H. The molecule has 0 fully saturated rings. The van der Waals surface area contributed by atoms with Crippen molar-refractivity contribution in [1.82, 2.24) is 4.98 Å². The van der Waals surface area contributed by atoms with Crippen LogP contribution in [0.1, 0.15) is 0 Å². The summed E-state index contributed by atoms with van der Waals surface area (Å²) in [7, 11) is 0. The van der Waals surface area contributed by atoms with Crippen molar-refractivity contribution < 1.29 is 0 Å². The summed E-state index contributed by atoms with van der Waals surface area (Å²) in [4.78, 5) is 17.9. The van der Waals surface area contributed by atoms with Crippen LogP contribution in [0.5, 0.6) is 0 Å². The molecule has 4 aromatic rings. The molecule has 0 atom stereocenters. The molecule has 0 bridgehead atoms. The van der Waals surface area contributed by atoms with E-state index in [4.69, 9.17) is 0 Å². The first-order valence-electron chi connectivity index (χ1n) is 6.31. The molecule has 2 heterocycles. The number of rotatable bonds is 1. The lowest BCUT2D eigenvalue weighted by molar-refractivity contribution is 1.45. The molecule has 21 heavy (non-hydrogen) atoms. The number of halogens is 1. The second kappa shape index (κ2) is 5.02. The smallest absolute Gasteiger partial charge is 0.190 e. The second-order valence-electron chi connectivity index (χ2n) is 4.59. The Balaban J connectivity index is 2.08. The summed E-state index contributed by atoms with van der Waals surface area (Å²) in [5.74, 6) is 0. The quantitative estimate of drug-likeness (QED) is 0.453. The van der Waals surface area contributed by atoms with Crippen LogP contribution < -0.4 is 5.43 Å². The van der Waals surface area contributed by atoms with Gasteiger partial charge >= 0.3 is 0 Å². The number of thiazole rings is 1. The van der Waals surface area contributed by atoms with Gasteiger partial charge in [0, 0.05) is 15.6 Å². The van der Waals surface area contributed by atoms with Crippen LogP contribution in [-0.4, -0.2) is 4.98 Å². The number of aromatic nitrogens is 1. The van der Waals surface area contributed by atoms with E-state index in [0.717, 1.165) is 34.7 Å². The summed E-state index contributed by atoms with van der Waals surface area (Å²) >= 11 is 6.55. The van der Waals surface area contributed by atoms with Crippen LogP contribution in [0.15, 0.2) is 57.2 Å². The number of benzene rings is 2. The average molecular weight is 374 g/mol. The lowest BCUT2D eigenvalue weighted by Crippen LogP contribution is -1.99. The zero-order valence-electron chi connectivity index (χ0n) is 10.7. The van der Waals surface area contributed by atoms with E-state index in [1.54, 1.807) is 17.4 Å². The Kier molecular flexibility index (Phi) is 3.14. The zero-order chi connectivity index (χ0) is 14.4. The maximum atomic E-state index is 12.6. The van der Waals surface area contributed by atoms with Crippen LogP contribution in [-0.2, 0) is 0 Å². The molecule has 0 aliphatic rings.